The van der Waals surface area contributed by atoms with Gasteiger partial charge >= 0.3 is 5.97 Å². The SMILES string of the molecule is CNCCCC(=O)N(C)C1COCC1C(=O)O. The molecular formula is C11H20N2O4. The summed E-state index contributed by atoms with van der Waals surface area (Å²) in [5.74, 6) is -1.53. The van der Waals surface area contributed by atoms with Crippen molar-refractivity contribution in [3.63, 3.8) is 0 Å². The average Bonchev–Trinajstić information content (AvgIpc) is 2.77. The molecule has 1 aliphatic heterocycles. The van der Waals surface area contributed by atoms with Gasteiger partial charge < -0.3 is 20.1 Å². The Morgan fingerprint density at radius 1 is 1.47 bits per heavy atom. The lowest BCUT2D eigenvalue weighted by Gasteiger charge is -2.26. The molecular weight excluding hydrogens is 224 g/mol. The van der Waals surface area contributed by atoms with Crippen LogP contribution < -0.4 is 5.32 Å². The van der Waals surface area contributed by atoms with Crippen LogP contribution in [0, 0.1) is 5.92 Å². The number of nitrogens with one attached hydrogen (secondary N) is 1. The third-order valence-corrected chi connectivity index (χ3v) is 3.08. The summed E-state index contributed by atoms with van der Waals surface area (Å²) in [5, 5.41) is 12.0. The van der Waals surface area contributed by atoms with Crippen LogP contribution in [0.5, 0.6) is 0 Å². The zero-order chi connectivity index (χ0) is 12.8. The third kappa shape index (κ3) is 3.67. The highest BCUT2D eigenvalue weighted by atomic mass is 16.5. The second-order valence-electron chi connectivity index (χ2n) is 4.26. The lowest BCUT2D eigenvalue weighted by atomic mass is 10.0. The fraction of sp³-hybridized carbons (Fsp3) is 0.818. The molecule has 0 aromatic rings. The Balaban J connectivity index is 2.47. The third-order valence-electron chi connectivity index (χ3n) is 3.08. The molecule has 1 rings (SSSR count). The second-order valence-corrected chi connectivity index (χ2v) is 4.26. The van der Waals surface area contributed by atoms with Gasteiger partial charge in [-0.15, -0.1) is 0 Å². The molecule has 0 aliphatic carbocycles. The molecule has 17 heavy (non-hydrogen) atoms. The van der Waals surface area contributed by atoms with Crippen molar-refractivity contribution in [2.24, 2.45) is 5.92 Å². The zero-order valence-corrected chi connectivity index (χ0v) is 10.3. The van der Waals surface area contributed by atoms with Crippen LogP contribution in [0.3, 0.4) is 0 Å². The minimum atomic E-state index is -0.901. The largest absolute Gasteiger partial charge is 0.481 e. The Bertz CT molecular complexity index is 283. The molecule has 2 N–H and O–H groups in total. The smallest absolute Gasteiger partial charge is 0.311 e. The van der Waals surface area contributed by atoms with Crippen LogP contribution in [-0.2, 0) is 14.3 Å². The molecule has 98 valence electrons. The van der Waals surface area contributed by atoms with Crippen LogP contribution in [0.1, 0.15) is 12.8 Å². The van der Waals surface area contributed by atoms with Crippen molar-refractivity contribution >= 4 is 11.9 Å². The first-order valence-electron chi connectivity index (χ1n) is 5.78. The lowest BCUT2D eigenvalue weighted by molar-refractivity contribution is -0.144. The number of hydrogen-bond donors (Lipinski definition) is 2. The van der Waals surface area contributed by atoms with Gasteiger partial charge in [-0.25, -0.2) is 0 Å². The molecule has 0 bridgehead atoms. The predicted molar refractivity (Wildman–Crippen MR) is 61.7 cm³/mol. The molecule has 1 aliphatic rings. The molecule has 0 spiro atoms. The molecule has 0 aromatic heterocycles. The molecule has 0 saturated carbocycles. The lowest BCUT2D eigenvalue weighted by Crippen LogP contribution is -2.44. The molecule has 1 amide bonds. The van der Waals surface area contributed by atoms with E-state index < -0.39 is 11.9 Å². The van der Waals surface area contributed by atoms with Gasteiger partial charge in [-0.05, 0) is 20.0 Å². The molecule has 1 saturated heterocycles. The number of nitrogens with zero attached hydrogens (tertiary/aromatic N) is 1. The molecule has 6 nitrogen and oxygen atoms in total. The summed E-state index contributed by atoms with van der Waals surface area (Å²) in [6, 6.07) is -0.338. The van der Waals surface area contributed by atoms with Gasteiger partial charge in [-0.2, -0.15) is 0 Å². The topological polar surface area (TPSA) is 78.9 Å². The van der Waals surface area contributed by atoms with Crippen LogP contribution in [0.15, 0.2) is 0 Å². The van der Waals surface area contributed by atoms with Crippen molar-refractivity contribution in [1.29, 1.82) is 0 Å². The Morgan fingerprint density at radius 3 is 2.76 bits per heavy atom. The van der Waals surface area contributed by atoms with Crippen molar-refractivity contribution in [3.8, 4) is 0 Å². The van der Waals surface area contributed by atoms with E-state index in [1.807, 2.05) is 7.05 Å². The number of rotatable bonds is 6. The van der Waals surface area contributed by atoms with E-state index in [2.05, 4.69) is 5.32 Å². The second kappa shape index (κ2) is 6.56. The number of carbonyl (C=O) groups excluding carboxylic acids is 1. The van der Waals surface area contributed by atoms with Gasteiger partial charge in [-0.3, -0.25) is 9.59 Å². The van der Waals surface area contributed by atoms with E-state index in [0.717, 1.165) is 13.0 Å². The van der Waals surface area contributed by atoms with Crippen molar-refractivity contribution in [3.05, 3.63) is 0 Å². The number of likely N-dealkylation sites (N-methyl/N-ethyl adjacent to an activating group) is 1. The van der Waals surface area contributed by atoms with Crippen LogP contribution in [0.25, 0.3) is 0 Å². The molecule has 2 atom stereocenters. The Morgan fingerprint density at radius 2 is 2.18 bits per heavy atom. The fourth-order valence-electron chi connectivity index (χ4n) is 1.94. The van der Waals surface area contributed by atoms with Crippen molar-refractivity contribution < 1.29 is 19.4 Å². The highest BCUT2D eigenvalue weighted by Gasteiger charge is 2.38. The van der Waals surface area contributed by atoms with Gasteiger partial charge in [0.2, 0.25) is 5.91 Å². The maximum Gasteiger partial charge on any atom is 0.311 e. The highest BCUT2D eigenvalue weighted by Crippen LogP contribution is 2.19. The van der Waals surface area contributed by atoms with Gasteiger partial charge in [0.15, 0.2) is 0 Å². The maximum absolute atomic E-state index is 11.8. The number of aliphatic carboxylic acids is 1. The number of ether oxygens (including phenoxy) is 1. The first kappa shape index (κ1) is 13.9. The summed E-state index contributed by atoms with van der Waals surface area (Å²) in [6.07, 6.45) is 1.19. The fourth-order valence-corrected chi connectivity index (χ4v) is 1.94. The van der Waals surface area contributed by atoms with E-state index in [0.29, 0.717) is 13.0 Å². The van der Waals surface area contributed by atoms with E-state index in [4.69, 9.17) is 9.84 Å². The first-order chi connectivity index (χ1) is 8.07. The van der Waals surface area contributed by atoms with Crippen molar-refractivity contribution in [2.75, 3.05) is 33.9 Å². The van der Waals surface area contributed by atoms with E-state index in [-0.39, 0.29) is 18.6 Å². The summed E-state index contributed by atoms with van der Waals surface area (Å²) < 4.78 is 5.14. The summed E-state index contributed by atoms with van der Waals surface area (Å²) >= 11 is 0. The molecule has 1 heterocycles. The van der Waals surface area contributed by atoms with Crippen LogP contribution in [0.4, 0.5) is 0 Å². The monoisotopic (exact) mass is 244 g/mol. The number of carbonyl (C=O) groups is 2. The van der Waals surface area contributed by atoms with Gasteiger partial charge in [0.05, 0.1) is 19.3 Å². The molecule has 6 heteroatoms. The number of amides is 1. The summed E-state index contributed by atoms with van der Waals surface area (Å²) in [6.45, 7) is 1.28. The average molecular weight is 244 g/mol. The quantitative estimate of drug-likeness (QED) is 0.618. The zero-order valence-electron chi connectivity index (χ0n) is 10.3. The Labute approximate surface area is 101 Å². The number of carboxylic acid groups (broad SMARTS) is 1. The van der Waals surface area contributed by atoms with Crippen LogP contribution >= 0.6 is 0 Å². The number of hydrogen-bond acceptors (Lipinski definition) is 4. The Hall–Kier alpha value is -1.14. The highest BCUT2D eigenvalue weighted by molar-refractivity contribution is 5.78. The minimum Gasteiger partial charge on any atom is -0.481 e. The first-order valence-corrected chi connectivity index (χ1v) is 5.78. The molecule has 1 fully saturated rings. The van der Waals surface area contributed by atoms with E-state index >= 15 is 0 Å². The Kier molecular flexibility index (Phi) is 5.37. The standard InChI is InChI=1S/C11H20N2O4/c1-12-5-3-4-10(14)13(2)9-7-17-6-8(9)11(15)16/h8-9,12H,3-7H2,1-2H3,(H,15,16). The van der Waals surface area contributed by atoms with E-state index in [9.17, 15) is 9.59 Å². The summed E-state index contributed by atoms with van der Waals surface area (Å²) in [7, 11) is 3.48. The maximum atomic E-state index is 11.8. The summed E-state index contributed by atoms with van der Waals surface area (Å²) in [5.41, 5.74) is 0. The molecule has 0 aromatic carbocycles. The van der Waals surface area contributed by atoms with Gasteiger partial charge in [0.1, 0.15) is 5.92 Å². The van der Waals surface area contributed by atoms with Gasteiger partial charge in [0.25, 0.3) is 0 Å². The molecule has 0 radical (unpaired) electrons. The van der Waals surface area contributed by atoms with Gasteiger partial charge in [-0.1, -0.05) is 0 Å². The van der Waals surface area contributed by atoms with E-state index in [1.54, 1.807) is 7.05 Å². The van der Waals surface area contributed by atoms with Crippen LogP contribution in [0.2, 0.25) is 0 Å². The van der Waals surface area contributed by atoms with Crippen molar-refractivity contribution in [1.82, 2.24) is 10.2 Å². The predicted octanol–water partition coefficient (Wildman–Crippen LogP) is -0.456. The van der Waals surface area contributed by atoms with E-state index in [1.165, 1.54) is 4.90 Å². The summed E-state index contributed by atoms with van der Waals surface area (Å²) in [4.78, 5) is 24.3. The normalized spacial score (nSPS) is 23.6. The minimum absolute atomic E-state index is 0.0259. The van der Waals surface area contributed by atoms with Crippen LogP contribution in [-0.4, -0.2) is 61.8 Å². The van der Waals surface area contributed by atoms with Gasteiger partial charge in [0, 0.05) is 13.5 Å². The number of carboxylic acids is 1. The molecule has 2 unspecified atom stereocenters. The van der Waals surface area contributed by atoms with Crippen molar-refractivity contribution in [2.45, 2.75) is 18.9 Å².